The number of nitrogens with zero attached hydrogens (tertiary/aromatic N) is 3. The Bertz CT molecular complexity index is 911. The van der Waals surface area contributed by atoms with Crippen molar-refractivity contribution in [1.29, 1.82) is 0 Å². The Morgan fingerprint density at radius 3 is 2.56 bits per heavy atom. The zero-order chi connectivity index (χ0) is 23.1. The van der Waals surface area contributed by atoms with Gasteiger partial charge in [-0.25, -0.2) is 14.6 Å². The number of hydrogen-bond donors (Lipinski definition) is 0. The van der Waals surface area contributed by atoms with Gasteiger partial charge in [0.25, 0.3) is 0 Å². The van der Waals surface area contributed by atoms with Crippen molar-refractivity contribution in [3.63, 3.8) is 0 Å². The number of hydrogen-bond acceptors (Lipinski definition) is 5. The van der Waals surface area contributed by atoms with Crippen molar-refractivity contribution in [2.24, 2.45) is 0 Å². The van der Waals surface area contributed by atoms with Gasteiger partial charge in [-0.05, 0) is 58.6 Å². The van der Waals surface area contributed by atoms with Gasteiger partial charge in [0.05, 0.1) is 6.04 Å². The number of benzene rings is 1. The number of amides is 2. The van der Waals surface area contributed by atoms with Crippen LogP contribution in [0.15, 0.2) is 48.7 Å². The van der Waals surface area contributed by atoms with Gasteiger partial charge in [0, 0.05) is 24.8 Å². The summed E-state index contributed by atoms with van der Waals surface area (Å²) in [6.45, 7) is 8.63. The van der Waals surface area contributed by atoms with E-state index in [1.165, 1.54) is 4.90 Å². The number of rotatable bonds is 5. The molecule has 2 amide bonds. The van der Waals surface area contributed by atoms with Gasteiger partial charge < -0.3 is 14.4 Å². The first-order valence-electron chi connectivity index (χ1n) is 11.2. The van der Waals surface area contributed by atoms with Crippen LogP contribution < -0.4 is 4.90 Å². The third-order valence-electron chi connectivity index (χ3n) is 5.30. The molecular weight excluding hydrogens is 406 g/mol. The van der Waals surface area contributed by atoms with Crippen LogP contribution in [0.4, 0.5) is 15.4 Å². The Morgan fingerprint density at radius 2 is 1.88 bits per heavy atom. The lowest BCUT2D eigenvalue weighted by molar-refractivity contribution is 0.0579. The maximum atomic E-state index is 13.0. The van der Waals surface area contributed by atoms with Gasteiger partial charge in [-0.15, -0.1) is 0 Å². The fourth-order valence-corrected chi connectivity index (χ4v) is 3.85. The Balaban J connectivity index is 1.83. The summed E-state index contributed by atoms with van der Waals surface area (Å²) in [4.78, 5) is 33.7. The number of carbonyl (C=O) groups excluding carboxylic acids is 2. The predicted molar refractivity (Wildman–Crippen MR) is 123 cm³/mol. The minimum absolute atomic E-state index is 0.216. The average molecular weight is 440 g/mol. The molecular formula is C25H33N3O4. The molecule has 1 aromatic carbocycles. The molecule has 0 unspecified atom stereocenters. The van der Waals surface area contributed by atoms with Crippen molar-refractivity contribution < 1.29 is 19.1 Å². The van der Waals surface area contributed by atoms with E-state index in [1.807, 2.05) is 70.2 Å². The molecule has 1 aromatic heterocycles. The molecule has 1 aliphatic rings. The minimum atomic E-state index is -0.614. The van der Waals surface area contributed by atoms with Crippen molar-refractivity contribution in [1.82, 2.24) is 9.88 Å². The van der Waals surface area contributed by atoms with E-state index in [2.05, 4.69) is 4.98 Å². The van der Waals surface area contributed by atoms with Gasteiger partial charge >= 0.3 is 12.2 Å². The number of carbonyl (C=O) groups is 2. The van der Waals surface area contributed by atoms with Gasteiger partial charge in [-0.1, -0.05) is 36.4 Å². The molecule has 0 N–H and O–H groups in total. The van der Waals surface area contributed by atoms with Crippen LogP contribution in [0.1, 0.15) is 64.1 Å². The Kier molecular flexibility index (Phi) is 7.72. The van der Waals surface area contributed by atoms with E-state index in [9.17, 15) is 9.59 Å². The quantitative estimate of drug-likeness (QED) is 0.597. The lowest BCUT2D eigenvalue weighted by atomic mass is 9.95. The van der Waals surface area contributed by atoms with Gasteiger partial charge in [0.2, 0.25) is 0 Å². The highest BCUT2D eigenvalue weighted by molar-refractivity contribution is 5.87. The molecule has 1 saturated heterocycles. The second-order valence-electron chi connectivity index (χ2n) is 8.89. The van der Waals surface area contributed by atoms with Crippen molar-refractivity contribution in [3.8, 4) is 0 Å². The molecule has 1 aliphatic heterocycles. The van der Waals surface area contributed by atoms with Crippen LogP contribution in [-0.4, -0.2) is 40.8 Å². The van der Waals surface area contributed by atoms with E-state index in [0.29, 0.717) is 18.9 Å². The summed E-state index contributed by atoms with van der Waals surface area (Å²) in [5, 5.41) is 0. The van der Waals surface area contributed by atoms with Gasteiger partial charge in [0.1, 0.15) is 18.0 Å². The maximum absolute atomic E-state index is 13.0. The predicted octanol–water partition coefficient (Wildman–Crippen LogP) is 5.71. The van der Waals surface area contributed by atoms with Crippen LogP contribution in [0.3, 0.4) is 0 Å². The van der Waals surface area contributed by atoms with Crippen molar-refractivity contribution >= 4 is 18.0 Å². The normalized spacial score (nSPS) is 16.4. The molecule has 1 fully saturated rings. The molecule has 0 bridgehead atoms. The van der Waals surface area contributed by atoms with Crippen LogP contribution in [0.5, 0.6) is 0 Å². The van der Waals surface area contributed by atoms with Gasteiger partial charge in [-0.3, -0.25) is 4.90 Å². The first-order valence-corrected chi connectivity index (χ1v) is 11.2. The highest BCUT2D eigenvalue weighted by Crippen LogP contribution is 2.36. The number of anilines is 1. The second kappa shape index (κ2) is 10.5. The first-order chi connectivity index (χ1) is 15.3. The van der Waals surface area contributed by atoms with Crippen LogP contribution in [0, 0.1) is 0 Å². The van der Waals surface area contributed by atoms with E-state index in [-0.39, 0.29) is 18.7 Å². The number of pyridine rings is 1. The Morgan fingerprint density at radius 1 is 1.12 bits per heavy atom. The molecule has 3 rings (SSSR count). The molecule has 1 atom stereocenters. The summed E-state index contributed by atoms with van der Waals surface area (Å²) in [5.74, 6) is 0.525. The van der Waals surface area contributed by atoms with E-state index >= 15 is 0 Å². The standard InChI is InChI=1S/C25H33N3O4/c1-5-27(24(30)32-25(2,3)4)22-20(14-11-16-26-22)21-15-9-10-17-28(21)23(29)31-18-19-12-7-6-8-13-19/h6-8,11-14,16,21H,5,9-10,15,17-18H2,1-4H3/t21-/m1/s1. The fraction of sp³-hybridized carbons (Fsp3) is 0.480. The maximum Gasteiger partial charge on any atom is 0.415 e. The molecule has 32 heavy (non-hydrogen) atoms. The largest absolute Gasteiger partial charge is 0.445 e. The number of aromatic nitrogens is 1. The van der Waals surface area contributed by atoms with Crippen molar-refractivity contribution in [2.45, 2.75) is 65.2 Å². The third kappa shape index (κ3) is 5.99. The zero-order valence-electron chi connectivity index (χ0n) is 19.4. The molecule has 2 aromatic rings. The van der Waals surface area contributed by atoms with E-state index in [4.69, 9.17) is 9.47 Å². The van der Waals surface area contributed by atoms with Crippen LogP contribution >= 0.6 is 0 Å². The van der Waals surface area contributed by atoms with Gasteiger partial charge in [0.15, 0.2) is 0 Å². The molecule has 0 radical (unpaired) electrons. The number of ether oxygens (including phenoxy) is 2. The second-order valence-corrected chi connectivity index (χ2v) is 8.89. The lowest BCUT2D eigenvalue weighted by Gasteiger charge is -2.37. The number of likely N-dealkylation sites (tertiary alicyclic amines) is 1. The molecule has 0 aliphatic carbocycles. The fourth-order valence-electron chi connectivity index (χ4n) is 3.85. The monoisotopic (exact) mass is 439 g/mol. The Hall–Kier alpha value is -3.09. The van der Waals surface area contributed by atoms with Crippen LogP contribution in [0.2, 0.25) is 0 Å². The Labute approximate surface area is 190 Å². The average Bonchev–Trinajstić information content (AvgIpc) is 2.78. The van der Waals surface area contributed by atoms with Crippen molar-refractivity contribution in [3.05, 3.63) is 59.8 Å². The first kappa shape index (κ1) is 23.6. The molecule has 2 heterocycles. The zero-order valence-corrected chi connectivity index (χ0v) is 19.4. The van der Waals surface area contributed by atoms with Crippen LogP contribution in [-0.2, 0) is 16.1 Å². The third-order valence-corrected chi connectivity index (χ3v) is 5.30. The molecule has 0 spiro atoms. The molecule has 7 heteroatoms. The highest BCUT2D eigenvalue weighted by atomic mass is 16.6. The van der Waals surface area contributed by atoms with E-state index < -0.39 is 11.7 Å². The summed E-state index contributed by atoms with van der Waals surface area (Å²) in [5.41, 5.74) is 1.16. The van der Waals surface area contributed by atoms with E-state index in [1.54, 1.807) is 11.1 Å². The summed E-state index contributed by atoms with van der Waals surface area (Å²) < 4.78 is 11.2. The topological polar surface area (TPSA) is 72.0 Å². The summed E-state index contributed by atoms with van der Waals surface area (Å²) in [6.07, 6.45) is 3.54. The molecule has 172 valence electrons. The molecule has 7 nitrogen and oxygen atoms in total. The van der Waals surface area contributed by atoms with Crippen LogP contribution in [0.25, 0.3) is 0 Å². The smallest absolute Gasteiger partial charge is 0.415 e. The minimum Gasteiger partial charge on any atom is -0.445 e. The molecule has 0 saturated carbocycles. The van der Waals surface area contributed by atoms with E-state index in [0.717, 1.165) is 30.4 Å². The summed E-state index contributed by atoms with van der Waals surface area (Å²) >= 11 is 0. The summed E-state index contributed by atoms with van der Waals surface area (Å²) in [6, 6.07) is 13.2. The van der Waals surface area contributed by atoms with Gasteiger partial charge in [-0.2, -0.15) is 0 Å². The SMILES string of the molecule is CCN(C(=O)OC(C)(C)C)c1ncccc1[C@H]1CCCCN1C(=O)OCc1ccccc1. The van der Waals surface area contributed by atoms with Crippen molar-refractivity contribution in [2.75, 3.05) is 18.0 Å². The summed E-state index contributed by atoms with van der Waals surface area (Å²) in [7, 11) is 0. The highest BCUT2D eigenvalue weighted by Gasteiger charge is 2.33. The number of piperidine rings is 1. The lowest BCUT2D eigenvalue weighted by Crippen LogP contribution is -2.41.